The van der Waals surface area contributed by atoms with Gasteiger partial charge in [-0.05, 0) is 38.9 Å². The number of benzene rings is 1. The molecule has 3 heterocycles. The third-order valence-electron chi connectivity index (χ3n) is 5.47. The van der Waals surface area contributed by atoms with Crippen LogP contribution >= 0.6 is 0 Å². The predicted molar refractivity (Wildman–Crippen MR) is 99.6 cm³/mol. The molecule has 0 bridgehead atoms. The lowest BCUT2D eigenvalue weighted by Gasteiger charge is -2.31. The molecule has 2 N–H and O–H groups in total. The maximum atomic E-state index is 15.1. The van der Waals surface area contributed by atoms with Crippen molar-refractivity contribution in [1.29, 1.82) is 0 Å². The average Bonchev–Trinajstić information content (AvgIpc) is 3.07. The largest absolute Gasteiger partial charge is 0.487 e. The molecule has 0 radical (unpaired) electrons. The third-order valence-corrected chi connectivity index (χ3v) is 5.47. The summed E-state index contributed by atoms with van der Waals surface area (Å²) in [5.74, 6) is -1.12. The minimum Gasteiger partial charge on any atom is -0.487 e. The first-order valence-corrected chi connectivity index (χ1v) is 9.09. The van der Waals surface area contributed by atoms with E-state index in [2.05, 4.69) is 5.32 Å². The summed E-state index contributed by atoms with van der Waals surface area (Å²) < 4.78 is 22.7. The van der Waals surface area contributed by atoms with Crippen LogP contribution in [-0.2, 0) is 0 Å². The molecule has 7 nitrogen and oxygen atoms in total. The van der Waals surface area contributed by atoms with Gasteiger partial charge in [-0.25, -0.2) is 9.18 Å². The zero-order chi connectivity index (χ0) is 19.3. The van der Waals surface area contributed by atoms with Crippen LogP contribution in [0.25, 0.3) is 10.9 Å². The molecule has 0 saturated carbocycles. The Morgan fingerprint density at radius 3 is 2.96 bits per heavy atom. The van der Waals surface area contributed by atoms with Crippen molar-refractivity contribution >= 4 is 22.6 Å². The first-order chi connectivity index (χ1) is 12.9. The first kappa shape index (κ1) is 17.8. The van der Waals surface area contributed by atoms with Crippen LogP contribution in [0.3, 0.4) is 0 Å². The minimum atomic E-state index is -1.31. The van der Waals surface area contributed by atoms with Gasteiger partial charge in [-0.3, -0.25) is 4.79 Å². The number of hydrogen-bond donors (Lipinski definition) is 2. The minimum absolute atomic E-state index is 0.0451. The summed E-state index contributed by atoms with van der Waals surface area (Å²) in [7, 11) is 1.90. The summed E-state index contributed by atoms with van der Waals surface area (Å²) in [6.07, 6.45) is 2.29. The van der Waals surface area contributed by atoms with Crippen LogP contribution in [0.15, 0.2) is 17.1 Å². The molecule has 8 heteroatoms. The summed E-state index contributed by atoms with van der Waals surface area (Å²) in [5, 5.41) is 12.5. The highest BCUT2D eigenvalue weighted by atomic mass is 19.1. The van der Waals surface area contributed by atoms with E-state index >= 15 is 4.39 Å². The Balaban J connectivity index is 1.94. The van der Waals surface area contributed by atoms with Gasteiger partial charge < -0.3 is 24.6 Å². The number of nitrogens with one attached hydrogen (secondary N) is 1. The van der Waals surface area contributed by atoms with Gasteiger partial charge in [0, 0.05) is 19.3 Å². The fourth-order valence-corrected chi connectivity index (χ4v) is 4.15. The molecule has 0 amide bonds. The molecular weight excluding hydrogens is 353 g/mol. The van der Waals surface area contributed by atoms with Gasteiger partial charge in [0.05, 0.1) is 16.9 Å². The van der Waals surface area contributed by atoms with Crippen molar-refractivity contribution in [1.82, 2.24) is 9.88 Å². The number of nitrogens with zero attached hydrogens (tertiary/aromatic N) is 2. The van der Waals surface area contributed by atoms with Crippen molar-refractivity contribution in [3.63, 3.8) is 0 Å². The Morgan fingerprint density at radius 1 is 1.48 bits per heavy atom. The Labute approximate surface area is 155 Å². The number of hydrogen-bond acceptors (Lipinski definition) is 5. The monoisotopic (exact) mass is 375 g/mol. The number of carboxylic acid groups (broad SMARTS) is 1. The summed E-state index contributed by atoms with van der Waals surface area (Å²) in [5.41, 5.74) is -0.210. The Hall–Kier alpha value is -2.61. The van der Waals surface area contributed by atoms with Gasteiger partial charge >= 0.3 is 5.97 Å². The number of rotatable bonds is 4. The molecule has 1 aromatic heterocycles. The molecule has 2 atom stereocenters. The Bertz CT molecular complexity index is 987. The number of aromatic nitrogens is 1. The first-order valence-electron chi connectivity index (χ1n) is 9.09. The topological polar surface area (TPSA) is 83.8 Å². The van der Waals surface area contributed by atoms with Crippen LogP contribution in [0, 0.1) is 11.7 Å². The van der Waals surface area contributed by atoms with Gasteiger partial charge in [0.1, 0.15) is 17.9 Å². The van der Waals surface area contributed by atoms with E-state index in [1.54, 1.807) is 4.57 Å². The van der Waals surface area contributed by atoms with Crippen molar-refractivity contribution in [3.05, 3.63) is 33.9 Å². The van der Waals surface area contributed by atoms with E-state index in [1.807, 2.05) is 18.9 Å². The van der Waals surface area contributed by atoms with E-state index in [4.69, 9.17) is 4.74 Å². The number of pyridine rings is 1. The van der Waals surface area contributed by atoms with Crippen LogP contribution in [0.5, 0.6) is 5.75 Å². The normalized spacial score (nSPS) is 21.5. The fraction of sp³-hybridized carbons (Fsp3) is 0.474. The molecule has 27 heavy (non-hydrogen) atoms. The lowest BCUT2D eigenvalue weighted by molar-refractivity contribution is 0.0694. The number of anilines is 1. The van der Waals surface area contributed by atoms with Crippen molar-refractivity contribution in [2.75, 3.05) is 38.2 Å². The molecule has 2 aromatic rings. The smallest absolute Gasteiger partial charge is 0.341 e. The highest BCUT2D eigenvalue weighted by Crippen LogP contribution is 2.43. The molecular formula is C19H22FN3O4. The SMILES string of the molecule is CNCC1CCN(c2c(F)cc3c(=O)c(C(=O)O)cn4c3c2OCC4C)C1. The number of carbonyl (C=O) groups is 1. The summed E-state index contributed by atoms with van der Waals surface area (Å²) >= 11 is 0. The second-order valence-corrected chi connectivity index (χ2v) is 7.34. The van der Waals surface area contributed by atoms with E-state index in [0.29, 0.717) is 36.0 Å². The molecule has 4 rings (SSSR count). The van der Waals surface area contributed by atoms with Crippen molar-refractivity contribution in [2.45, 2.75) is 19.4 Å². The van der Waals surface area contributed by atoms with Crippen molar-refractivity contribution in [2.24, 2.45) is 5.92 Å². The Kier molecular flexibility index (Phi) is 4.30. The maximum absolute atomic E-state index is 15.1. The van der Waals surface area contributed by atoms with E-state index in [9.17, 15) is 14.7 Å². The lowest BCUT2D eigenvalue weighted by Crippen LogP contribution is -2.30. The van der Waals surface area contributed by atoms with Gasteiger partial charge in [-0.15, -0.1) is 0 Å². The van der Waals surface area contributed by atoms with Gasteiger partial charge in [0.2, 0.25) is 5.43 Å². The van der Waals surface area contributed by atoms with Gasteiger partial charge in [0.15, 0.2) is 11.6 Å². The molecule has 1 fully saturated rings. The molecule has 0 aliphatic carbocycles. The van der Waals surface area contributed by atoms with E-state index in [1.165, 1.54) is 6.20 Å². The summed E-state index contributed by atoms with van der Waals surface area (Å²) in [4.78, 5) is 26.0. The van der Waals surface area contributed by atoms with Gasteiger partial charge in [-0.1, -0.05) is 0 Å². The number of carboxylic acids is 1. The van der Waals surface area contributed by atoms with Crippen molar-refractivity contribution < 1.29 is 19.0 Å². The number of halogens is 1. The predicted octanol–water partition coefficient (Wildman–Crippen LogP) is 1.84. The summed E-state index contributed by atoms with van der Waals surface area (Å²) in [6.45, 7) is 4.42. The van der Waals surface area contributed by atoms with E-state index < -0.39 is 17.2 Å². The van der Waals surface area contributed by atoms with Crippen LogP contribution in [0.4, 0.5) is 10.1 Å². The molecule has 1 saturated heterocycles. The fourth-order valence-electron chi connectivity index (χ4n) is 4.15. The molecule has 144 valence electrons. The lowest BCUT2D eigenvalue weighted by atomic mass is 10.1. The quantitative estimate of drug-likeness (QED) is 0.848. The summed E-state index contributed by atoms with van der Waals surface area (Å²) in [6, 6.07) is 0.999. The van der Waals surface area contributed by atoms with Crippen LogP contribution in [-0.4, -0.2) is 48.9 Å². The average molecular weight is 375 g/mol. The van der Waals surface area contributed by atoms with Crippen molar-refractivity contribution in [3.8, 4) is 5.75 Å². The molecule has 0 spiro atoms. The molecule has 2 aliphatic heterocycles. The molecule has 2 aliphatic rings. The number of aromatic carboxylic acids is 1. The second-order valence-electron chi connectivity index (χ2n) is 7.34. The highest BCUT2D eigenvalue weighted by molar-refractivity contribution is 5.97. The second kappa shape index (κ2) is 6.53. The van der Waals surface area contributed by atoms with Crippen LogP contribution in [0.1, 0.15) is 29.7 Å². The van der Waals surface area contributed by atoms with Crippen LogP contribution in [0.2, 0.25) is 0 Å². The standard InChI is InChI=1S/C19H22FN3O4/c1-10-9-27-18-15-12(17(24)13(19(25)26)8-23(10)15)5-14(20)16(18)22-4-3-11(7-22)6-21-2/h5,8,10-11,21H,3-4,6-7,9H2,1-2H3,(H,25,26). The van der Waals surface area contributed by atoms with Gasteiger partial charge in [-0.2, -0.15) is 0 Å². The highest BCUT2D eigenvalue weighted by Gasteiger charge is 2.32. The maximum Gasteiger partial charge on any atom is 0.341 e. The molecule has 1 aromatic carbocycles. The third kappa shape index (κ3) is 2.75. The van der Waals surface area contributed by atoms with E-state index in [0.717, 1.165) is 19.0 Å². The molecule has 2 unspecified atom stereocenters. The number of ether oxygens (including phenoxy) is 1. The van der Waals surface area contributed by atoms with Gasteiger partial charge in [0.25, 0.3) is 0 Å². The Morgan fingerprint density at radius 2 is 2.26 bits per heavy atom. The van der Waals surface area contributed by atoms with E-state index in [-0.39, 0.29) is 23.6 Å². The zero-order valence-corrected chi connectivity index (χ0v) is 15.3. The van der Waals surface area contributed by atoms with Crippen LogP contribution < -0.4 is 20.4 Å². The zero-order valence-electron chi connectivity index (χ0n) is 15.3.